The van der Waals surface area contributed by atoms with Gasteiger partial charge in [-0.25, -0.2) is 0 Å². The van der Waals surface area contributed by atoms with Gasteiger partial charge in [-0.1, -0.05) is 181 Å². The largest absolute Gasteiger partial charge is 0.344 e. The molecule has 0 saturated carbocycles. The molecule has 1 nitrogen and oxygen atoms in total. The molecule has 0 amide bonds. The Morgan fingerprint density at radius 2 is 0.738 bits per heavy atom. The van der Waals surface area contributed by atoms with Crippen molar-refractivity contribution in [2.75, 3.05) is 11.9 Å². The topological polar surface area (TPSA) is 3.24 Å². The lowest BCUT2D eigenvalue weighted by Gasteiger charge is -2.40. The van der Waals surface area contributed by atoms with E-state index >= 15 is 0 Å². The maximum absolute atomic E-state index is 2.49. The fraction of sp³-hybridized carbons (Fsp3) is 0.167. The van der Waals surface area contributed by atoms with Crippen LogP contribution in [0.15, 0.2) is 170 Å². The number of hydrogen-bond donors (Lipinski definition) is 0. The molecule has 0 aromatic heterocycles. The van der Waals surface area contributed by atoms with Crippen LogP contribution in [0.25, 0.3) is 77.2 Å². The van der Waals surface area contributed by atoms with Gasteiger partial charge in [0.1, 0.15) is 0 Å². The maximum Gasteiger partial charge on any atom is 0.0455 e. The Kier molecular flexibility index (Phi) is 7.37. The molecule has 3 aliphatic rings. The van der Waals surface area contributed by atoms with Crippen molar-refractivity contribution in [3.05, 3.63) is 203 Å². The number of rotatable bonds is 3. The third-order valence-corrected chi connectivity index (χ3v) is 15.1. The quantitative estimate of drug-likeness (QED) is 0.161. The Bertz CT molecular complexity index is 3350. The molecule has 9 aromatic rings. The zero-order valence-electron chi connectivity index (χ0n) is 36.1. The number of anilines is 2. The van der Waals surface area contributed by atoms with E-state index in [2.05, 4.69) is 223 Å². The van der Waals surface area contributed by atoms with Crippen LogP contribution in [0.2, 0.25) is 0 Å². The summed E-state index contributed by atoms with van der Waals surface area (Å²) in [7, 11) is 2.23. The van der Waals surface area contributed by atoms with Gasteiger partial charge >= 0.3 is 0 Å². The SMILES string of the molecule is CN1c2ccccc2C(C)(C)c2ccc(-c3c4ccccc4c(-c4ccc5c(c4)-c4ccccc4C5(C)C)c4cc(-c5ccc6c(c5)C(C)(C)c5ccccc5-6)ccc34)cc21. The average molecular weight is 784 g/mol. The minimum Gasteiger partial charge on any atom is -0.344 e. The molecule has 9 aromatic carbocycles. The summed E-state index contributed by atoms with van der Waals surface area (Å²) in [6.07, 6.45) is 0. The lowest BCUT2D eigenvalue weighted by Crippen LogP contribution is -2.30. The van der Waals surface area contributed by atoms with Crippen LogP contribution in [0, 0.1) is 0 Å². The van der Waals surface area contributed by atoms with Crippen molar-refractivity contribution in [1.29, 1.82) is 0 Å². The highest BCUT2D eigenvalue weighted by Gasteiger charge is 2.38. The van der Waals surface area contributed by atoms with Gasteiger partial charge in [0.05, 0.1) is 0 Å². The smallest absolute Gasteiger partial charge is 0.0455 e. The summed E-state index contributed by atoms with van der Waals surface area (Å²) in [4.78, 5) is 2.40. The lowest BCUT2D eigenvalue weighted by molar-refractivity contribution is 0.629. The Morgan fingerprint density at radius 1 is 0.295 bits per heavy atom. The van der Waals surface area contributed by atoms with Crippen LogP contribution in [0.1, 0.15) is 74.9 Å². The molecule has 0 radical (unpaired) electrons. The number of benzene rings is 9. The number of fused-ring (bicyclic) bond motifs is 10. The van der Waals surface area contributed by atoms with Gasteiger partial charge < -0.3 is 4.90 Å². The van der Waals surface area contributed by atoms with E-state index in [1.54, 1.807) is 0 Å². The molecule has 0 fully saturated rings. The van der Waals surface area contributed by atoms with Gasteiger partial charge in [0, 0.05) is 34.7 Å². The van der Waals surface area contributed by atoms with Crippen molar-refractivity contribution >= 4 is 32.9 Å². The Hall–Kier alpha value is -6.70. The van der Waals surface area contributed by atoms with Crippen LogP contribution < -0.4 is 4.90 Å². The minimum atomic E-state index is -0.119. The molecule has 1 aliphatic heterocycles. The van der Waals surface area contributed by atoms with Crippen molar-refractivity contribution < 1.29 is 0 Å². The first-order valence-corrected chi connectivity index (χ1v) is 21.9. The molecule has 1 heterocycles. The molecule has 12 rings (SSSR count). The second-order valence-electron chi connectivity index (χ2n) is 19.4. The highest BCUT2D eigenvalue weighted by molar-refractivity contribution is 6.22. The van der Waals surface area contributed by atoms with E-state index in [1.807, 2.05) is 0 Å². The molecule has 2 aliphatic carbocycles. The fourth-order valence-electron chi connectivity index (χ4n) is 11.8. The fourth-order valence-corrected chi connectivity index (χ4v) is 11.8. The van der Waals surface area contributed by atoms with E-state index in [9.17, 15) is 0 Å². The normalized spacial score (nSPS) is 15.8. The van der Waals surface area contributed by atoms with E-state index in [0.29, 0.717) is 0 Å². The van der Waals surface area contributed by atoms with Crippen molar-refractivity contribution in [1.82, 2.24) is 0 Å². The Labute approximate surface area is 360 Å². The molecule has 0 bridgehead atoms. The predicted molar refractivity (Wildman–Crippen MR) is 260 cm³/mol. The summed E-state index contributed by atoms with van der Waals surface area (Å²) in [6.45, 7) is 14.2. The maximum atomic E-state index is 2.49. The molecule has 0 saturated heterocycles. The Balaban J connectivity index is 1.13. The zero-order chi connectivity index (χ0) is 41.6. The van der Waals surface area contributed by atoms with Crippen molar-refractivity contribution in [3.8, 4) is 55.6 Å². The highest BCUT2D eigenvalue weighted by atomic mass is 15.1. The van der Waals surface area contributed by atoms with Gasteiger partial charge in [0.25, 0.3) is 0 Å². The van der Waals surface area contributed by atoms with E-state index < -0.39 is 0 Å². The van der Waals surface area contributed by atoms with Crippen molar-refractivity contribution in [2.24, 2.45) is 0 Å². The molecule has 61 heavy (non-hydrogen) atoms. The van der Waals surface area contributed by atoms with E-state index in [-0.39, 0.29) is 16.2 Å². The molecule has 0 unspecified atom stereocenters. The molecular formula is C60H49N. The van der Waals surface area contributed by atoms with E-state index in [0.717, 1.165) is 0 Å². The third-order valence-electron chi connectivity index (χ3n) is 15.1. The molecule has 294 valence electrons. The van der Waals surface area contributed by atoms with Crippen molar-refractivity contribution in [3.63, 3.8) is 0 Å². The summed E-state index contributed by atoms with van der Waals surface area (Å²) in [6, 6.07) is 64.9. The van der Waals surface area contributed by atoms with Gasteiger partial charge in [-0.05, 0) is 141 Å². The van der Waals surface area contributed by atoms with E-state index in [1.165, 1.54) is 122 Å². The summed E-state index contributed by atoms with van der Waals surface area (Å²) in [5.74, 6) is 0. The summed E-state index contributed by atoms with van der Waals surface area (Å²) < 4.78 is 0. The van der Waals surface area contributed by atoms with Crippen LogP contribution in [-0.4, -0.2) is 7.05 Å². The average Bonchev–Trinajstić information content (AvgIpc) is 3.66. The highest BCUT2D eigenvalue weighted by Crippen LogP contribution is 2.54. The van der Waals surface area contributed by atoms with Crippen LogP contribution in [0.4, 0.5) is 11.4 Å². The number of hydrogen-bond acceptors (Lipinski definition) is 1. The zero-order valence-corrected chi connectivity index (χ0v) is 36.1. The van der Waals surface area contributed by atoms with Gasteiger partial charge in [-0.3, -0.25) is 0 Å². The molecule has 1 heteroatoms. The summed E-state index contributed by atoms with van der Waals surface area (Å²) >= 11 is 0. The van der Waals surface area contributed by atoms with Crippen LogP contribution in [-0.2, 0) is 16.2 Å². The molecule has 0 atom stereocenters. The molecular weight excluding hydrogens is 735 g/mol. The van der Waals surface area contributed by atoms with Crippen LogP contribution in [0.3, 0.4) is 0 Å². The standard InChI is InChI=1S/C60H49N/c1-58(2)49-21-13-11-17-41(49)46-33-38(26-30-50(46)58)57-44-19-9-8-18-43(44)56(39-27-31-52-55(35-39)61(7)54-23-15-14-22-51(54)60(52,5)6)45-29-25-36(32-47(45)57)37-24-28-42-40-16-10-12-20-48(40)59(3,4)53(42)34-37/h8-35H,1-7H3. The first-order valence-electron chi connectivity index (χ1n) is 21.9. The lowest BCUT2D eigenvalue weighted by atomic mass is 9.73. The first-order chi connectivity index (χ1) is 29.4. The Morgan fingerprint density at radius 3 is 1.46 bits per heavy atom. The van der Waals surface area contributed by atoms with Crippen LogP contribution in [0.5, 0.6) is 0 Å². The summed E-state index contributed by atoms with van der Waals surface area (Å²) in [5.41, 5.74) is 23.6. The number of para-hydroxylation sites is 1. The van der Waals surface area contributed by atoms with Gasteiger partial charge in [-0.15, -0.1) is 0 Å². The number of nitrogens with zero attached hydrogens (tertiary/aromatic N) is 1. The second-order valence-corrected chi connectivity index (χ2v) is 19.4. The monoisotopic (exact) mass is 783 g/mol. The van der Waals surface area contributed by atoms with E-state index in [4.69, 9.17) is 0 Å². The first kappa shape index (κ1) is 36.2. The van der Waals surface area contributed by atoms with Crippen molar-refractivity contribution in [2.45, 2.75) is 57.8 Å². The third kappa shape index (κ3) is 4.89. The second kappa shape index (κ2) is 12.4. The summed E-state index contributed by atoms with van der Waals surface area (Å²) in [5, 5.41) is 5.09. The minimum absolute atomic E-state index is 0.0543. The van der Waals surface area contributed by atoms with Gasteiger partial charge in [-0.2, -0.15) is 0 Å². The predicted octanol–water partition coefficient (Wildman–Crippen LogP) is 16.0. The van der Waals surface area contributed by atoms with Gasteiger partial charge in [0.2, 0.25) is 0 Å². The molecule has 0 N–H and O–H groups in total. The van der Waals surface area contributed by atoms with Gasteiger partial charge in [0.15, 0.2) is 0 Å². The molecule has 0 spiro atoms. The van der Waals surface area contributed by atoms with Crippen LogP contribution >= 0.6 is 0 Å².